The first-order chi connectivity index (χ1) is 10.1. The van der Waals surface area contributed by atoms with E-state index in [1.54, 1.807) is 20.8 Å². The zero-order chi connectivity index (χ0) is 16.8. The fourth-order valence-corrected chi connectivity index (χ4v) is 2.69. The molecule has 1 saturated carbocycles. The molecule has 0 heterocycles. The zero-order valence-corrected chi connectivity index (χ0v) is 14.2. The Morgan fingerprint density at radius 1 is 1.18 bits per heavy atom. The van der Waals surface area contributed by atoms with Crippen molar-refractivity contribution in [3.05, 3.63) is 0 Å². The van der Waals surface area contributed by atoms with Crippen molar-refractivity contribution in [2.45, 2.75) is 77.4 Å². The highest BCUT2D eigenvalue weighted by Gasteiger charge is 2.32. The van der Waals surface area contributed by atoms with Gasteiger partial charge < -0.3 is 15.4 Å². The number of amides is 1. The lowest BCUT2D eigenvalue weighted by Crippen LogP contribution is -2.48. The van der Waals surface area contributed by atoms with Crippen LogP contribution in [0.2, 0.25) is 0 Å². The van der Waals surface area contributed by atoms with Crippen molar-refractivity contribution in [3.63, 3.8) is 0 Å². The molecule has 1 atom stereocenters. The minimum atomic E-state index is -2.99. The Morgan fingerprint density at radius 2 is 1.77 bits per heavy atom. The number of nitrogens with one attached hydrogen (secondary N) is 2. The first kappa shape index (κ1) is 19.1. The van der Waals surface area contributed by atoms with Crippen molar-refractivity contribution in [3.8, 4) is 0 Å². The lowest BCUT2D eigenvalue weighted by molar-refractivity contribution is -0.00699. The summed E-state index contributed by atoms with van der Waals surface area (Å²) in [6.45, 7) is 5.90. The summed E-state index contributed by atoms with van der Waals surface area (Å²) >= 11 is 0. The molecule has 0 spiro atoms. The monoisotopic (exact) mass is 320 g/mol. The van der Waals surface area contributed by atoms with Crippen molar-refractivity contribution in [1.82, 2.24) is 10.6 Å². The Morgan fingerprint density at radius 3 is 2.32 bits per heavy atom. The van der Waals surface area contributed by atoms with Gasteiger partial charge in [-0.1, -0.05) is 19.3 Å². The van der Waals surface area contributed by atoms with Gasteiger partial charge in [0.15, 0.2) is 0 Å². The van der Waals surface area contributed by atoms with E-state index in [1.807, 2.05) is 6.92 Å². The lowest BCUT2D eigenvalue weighted by atomic mass is 9.84. The van der Waals surface area contributed by atoms with Gasteiger partial charge in [0.05, 0.1) is 13.1 Å². The Labute approximate surface area is 132 Å². The van der Waals surface area contributed by atoms with Crippen molar-refractivity contribution < 1.29 is 18.3 Å². The molecule has 0 saturated heterocycles. The summed E-state index contributed by atoms with van der Waals surface area (Å²) in [6, 6.07) is 0.0766. The second kappa shape index (κ2) is 8.09. The maximum absolute atomic E-state index is 13.8. The lowest BCUT2D eigenvalue weighted by Gasteiger charge is -2.30. The number of halogens is 2. The van der Waals surface area contributed by atoms with Gasteiger partial charge >= 0.3 is 6.09 Å². The Hall–Kier alpha value is -0.910. The molecule has 2 N–H and O–H groups in total. The van der Waals surface area contributed by atoms with E-state index in [0.29, 0.717) is 5.92 Å². The highest BCUT2D eigenvalue weighted by Crippen LogP contribution is 2.26. The van der Waals surface area contributed by atoms with Crippen LogP contribution in [0.1, 0.15) is 59.8 Å². The fourth-order valence-electron chi connectivity index (χ4n) is 2.69. The van der Waals surface area contributed by atoms with E-state index < -0.39 is 30.7 Å². The predicted octanol–water partition coefficient (Wildman–Crippen LogP) is 3.70. The van der Waals surface area contributed by atoms with E-state index in [9.17, 15) is 13.6 Å². The van der Waals surface area contributed by atoms with Gasteiger partial charge in [0, 0.05) is 6.04 Å². The molecule has 0 aliphatic heterocycles. The van der Waals surface area contributed by atoms with Crippen LogP contribution in [0.15, 0.2) is 0 Å². The van der Waals surface area contributed by atoms with E-state index in [2.05, 4.69) is 10.6 Å². The molecular weight excluding hydrogens is 290 g/mol. The zero-order valence-electron chi connectivity index (χ0n) is 14.2. The van der Waals surface area contributed by atoms with Gasteiger partial charge in [0.25, 0.3) is 5.92 Å². The minimum Gasteiger partial charge on any atom is -0.444 e. The first-order valence-corrected chi connectivity index (χ1v) is 8.17. The van der Waals surface area contributed by atoms with Gasteiger partial charge in [-0.3, -0.25) is 0 Å². The number of ether oxygens (including phenoxy) is 1. The molecule has 0 radical (unpaired) electrons. The second-order valence-electron chi connectivity index (χ2n) is 7.28. The molecule has 0 aromatic rings. The smallest absolute Gasteiger partial charge is 0.407 e. The predicted molar refractivity (Wildman–Crippen MR) is 83.2 cm³/mol. The maximum Gasteiger partial charge on any atom is 0.407 e. The third-order valence-electron chi connectivity index (χ3n) is 3.93. The highest BCUT2D eigenvalue weighted by molar-refractivity contribution is 5.67. The highest BCUT2D eigenvalue weighted by atomic mass is 19.3. The van der Waals surface area contributed by atoms with Crippen LogP contribution in [0.5, 0.6) is 0 Å². The van der Waals surface area contributed by atoms with Crippen LogP contribution >= 0.6 is 0 Å². The van der Waals surface area contributed by atoms with Crippen molar-refractivity contribution in [2.24, 2.45) is 5.92 Å². The molecule has 6 heteroatoms. The van der Waals surface area contributed by atoms with Crippen molar-refractivity contribution in [2.75, 3.05) is 13.1 Å². The molecule has 1 amide bonds. The summed E-state index contributed by atoms with van der Waals surface area (Å²) in [4.78, 5) is 11.4. The summed E-state index contributed by atoms with van der Waals surface area (Å²) in [5.74, 6) is -2.51. The van der Waals surface area contributed by atoms with Crippen LogP contribution in [0.25, 0.3) is 0 Å². The largest absolute Gasteiger partial charge is 0.444 e. The third-order valence-corrected chi connectivity index (χ3v) is 3.93. The van der Waals surface area contributed by atoms with E-state index in [1.165, 1.54) is 19.3 Å². The first-order valence-electron chi connectivity index (χ1n) is 8.17. The molecule has 0 aromatic heterocycles. The summed E-state index contributed by atoms with van der Waals surface area (Å²) in [5, 5.41) is 5.05. The SMILES string of the molecule is CC(NCC(F)(F)CNC(=O)OC(C)(C)C)C1CCCCC1. The molecule has 22 heavy (non-hydrogen) atoms. The van der Waals surface area contributed by atoms with Gasteiger partial charge in [-0.15, -0.1) is 0 Å². The topological polar surface area (TPSA) is 50.4 Å². The van der Waals surface area contributed by atoms with Gasteiger partial charge in [0.2, 0.25) is 0 Å². The molecule has 0 aromatic carbocycles. The molecule has 0 bridgehead atoms. The molecule has 1 fully saturated rings. The fraction of sp³-hybridized carbons (Fsp3) is 0.938. The Kier molecular flexibility index (Phi) is 7.03. The number of hydrogen-bond acceptors (Lipinski definition) is 3. The van der Waals surface area contributed by atoms with E-state index in [4.69, 9.17) is 4.74 Å². The van der Waals surface area contributed by atoms with Crippen LogP contribution < -0.4 is 10.6 Å². The van der Waals surface area contributed by atoms with Crippen LogP contribution in [0.4, 0.5) is 13.6 Å². The van der Waals surface area contributed by atoms with Crippen LogP contribution in [0.3, 0.4) is 0 Å². The molecule has 4 nitrogen and oxygen atoms in total. The van der Waals surface area contributed by atoms with Gasteiger partial charge in [0.1, 0.15) is 5.60 Å². The molecule has 1 unspecified atom stereocenters. The number of carbonyl (C=O) groups excluding carboxylic acids is 1. The summed E-state index contributed by atoms with van der Waals surface area (Å²) in [7, 11) is 0. The number of alkyl halides is 2. The maximum atomic E-state index is 13.8. The van der Waals surface area contributed by atoms with Gasteiger partial charge in [-0.05, 0) is 46.5 Å². The molecule has 1 aliphatic carbocycles. The second-order valence-corrected chi connectivity index (χ2v) is 7.28. The van der Waals surface area contributed by atoms with Gasteiger partial charge in [-0.25, -0.2) is 13.6 Å². The molecule has 130 valence electrons. The van der Waals surface area contributed by atoms with Crippen molar-refractivity contribution >= 4 is 6.09 Å². The number of alkyl carbamates (subject to hydrolysis) is 1. The summed E-state index contributed by atoms with van der Waals surface area (Å²) < 4.78 is 32.6. The summed E-state index contributed by atoms with van der Waals surface area (Å²) in [5.41, 5.74) is -0.687. The van der Waals surface area contributed by atoms with Crippen LogP contribution in [0, 0.1) is 5.92 Å². The molecule has 1 rings (SSSR count). The Bertz CT molecular complexity index is 351. The Balaban J connectivity index is 2.29. The number of hydrogen-bond donors (Lipinski definition) is 2. The number of carbonyl (C=O) groups is 1. The quantitative estimate of drug-likeness (QED) is 0.784. The third kappa shape index (κ3) is 7.92. The average molecular weight is 320 g/mol. The van der Waals surface area contributed by atoms with E-state index in [0.717, 1.165) is 12.8 Å². The number of rotatable bonds is 6. The van der Waals surface area contributed by atoms with Gasteiger partial charge in [-0.2, -0.15) is 0 Å². The normalized spacial score (nSPS) is 18.8. The van der Waals surface area contributed by atoms with E-state index in [-0.39, 0.29) is 6.04 Å². The molecule has 1 aliphatic rings. The van der Waals surface area contributed by atoms with Crippen molar-refractivity contribution in [1.29, 1.82) is 0 Å². The molecular formula is C16H30F2N2O2. The van der Waals surface area contributed by atoms with E-state index >= 15 is 0 Å². The standard InChI is InChI=1S/C16H30F2N2O2/c1-12(13-8-6-5-7-9-13)19-10-16(17,18)11-20-14(21)22-15(2,3)4/h12-13,19H,5-11H2,1-4H3,(H,20,21). The minimum absolute atomic E-state index is 0.0766. The summed E-state index contributed by atoms with van der Waals surface area (Å²) in [6.07, 6.45) is 5.03. The van der Waals surface area contributed by atoms with Crippen LogP contribution in [-0.2, 0) is 4.74 Å². The van der Waals surface area contributed by atoms with Crippen LogP contribution in [-0.4, -0.2) is 36.7 Å². The average Bonchev–Trinajstić information content (AvgIpc) is 2.42.